The molecule has 2 N–H and O–H groups in total. The van der Waals surface area contributed by atoms with Crippen LogP contribution in [0.1, 0.15) is 12.5 Å². The van der Waals surface area contributed by atoms with Crippen molar-refractivity contribution in [3.8, 4) is 16.2 Å². The van der Waals surface area contributed by atoms with Crippen LogP contribution in [-0.4, -0.2) is 43.5 Å². The number of hydrogen-bond acceptors (Lipinski definition) is 5. The molecule has 0 spiro atoms. The number of hydrogen-bond donors (Lipinski definition) is 2. The topological polar surface area (TPSA) is 44.7 Å². The van der Waals surface area contributed by atoms with Crippen molar-refractivity contribution < 1.29 is 14.2 Å². The molecule has 0 saturated heterocycles. The minimum absolute atomic E-state index is 0. The van der Waals surface area contributed by atoms with Crippen LogP contribution in [0.3, 0.4) is 0 Å². The quantitative estimate of drug-likeness (QED) is 0.415. The molecule has 2 heterocycles. The highest BCUT2D eigenvalue weighted by atomic mass is 35.5. The van der Waals surface area contributed by atoms with E-state index in [1.807, 2.05) is 35.7 Å². The number of thiophene rings is 1. The van der Waals surface area contributed by atoms with Crippen LogP contribution in [0.25, 0.3) is 10.4 Å². The Balaban J connectivity index is 0.00000289. The number of ether oxygens (including phenoxy) is 1. The van der Waals surface area contributed by atoms with Crippen LogP contribution in [0.4, 0.5) is 10.1 Å². The van der Waals surface area contributed by atoms with Crippen molar-refractivity contribution in [1.82, 2.24) is 5.32 Å². The summed E-state index contributed by atoms with van der Waals surface area (Å²) in [5.74, 6) is 0.409. The molecule has 0 saturated carbocycles. The minimum Gasteiger partial charge on any atom is -0.490 e. The number of nitrogens with one attached hydrogen (secondary N) is 1. The lowest BCUT2D eigenvalue weighted by molar-refractivity contribution is 0.104. The second-order valence-electron chi connectivity index (χ2n) is 7.84. The molecule has 1 aliphatic heterocycles. The zero-order valence-electron chi connectivity index (χ0n) is 17.8. The fourth-order valence-electron chi connectivity index (χ4n) is 3.84. The highest BCUT2D eigenvalue weighted by Crippen LogP contribution is 2.33. The Morgan fingerprint density at radius 1 is 1.25 bits per heavy atom. The molecule has 8 heteroatoms. The summed E-state index contributed by atoms with van der Waals surface area (Å²) < 4.78 is 19.6. The van der Waals surface area contributed by atoms with Gasteiger partial charge in [-0.05, 0) is 54.6 Å². The van der Waals surface area contributed by atoms with Crippen LogP contribution in [0.5, 0.6) is 5.75 Å². The fourth-order valence-corrected chi connectivity index (χ4v) is 4.76. The van der Waals surface area contributed by atoms with Crippen molar-refractivity contribution in [3.05, 3.63) is 70.3 Å². The van der Waals surface area contributed by atoms with Crippen LogP contribution in [0, 0.1) is 5.82 Å². The van der Waals surface area contributed by atoms with Gasteiger partial charge in [-0.15, -0.1) is 23.7 Å². The molecule has 4 nitrogen and oxygen atoms in total. The first-order valence-electron chi connectivity index (χ1n) is 10.4. The number of aliphatic hydroxyl groups is 1. The van der Waals surface area contributed by atoms with E-state index in [0.29, 0.717) is 6.54 Å². The normalized spacial score (nSPS) is 14.6. The Bertz CT molecular complexity index is 1020. The molecule has 0 aliphatic carbocycles. The maximum absolute atomic E-state index is 13.7. The molecule has 172 valence electrons. The average molecular weight is 497 g/mol. The van der Waals surface area contributed by atoms with Gasteiger partial charge in [0.15, 0.2) is 0 Å². The fraction of sp³-hybridized carbons (Fsp3) is 0.333. The number of aliphatic hydroxyl groups excluding tert-OH is 1. The van der Waals surface area contributed by atoms with Crippen molar-refractivity contribution in [2.45, 2.75) is 25.5 Å². The average Bonchev–Trinajstić information content (AvgIpc) is 3.42. The van der Waals surface area contributed by atoms with Crippen molar-refractivity contribution in [2.75, 3.05) is 31.1 Å². The molecule has 2 atom stereocenters. The summed E-state index contributed by atoms with van der Waals surface area (Å²) in [6.07, 6.45) is 0.184. The molecular weight excluding hydrogens is 470 g/mol. The van der Waals surface area contributed by atoms with Crippen LogP contribution < -0.4 is 15.0 Å². The van der Waals surface area contributed by atoms with E-state index >= 15 is 0 Å². The number of benzene rings is 2. The Morgan fingerprint density at radius 3 is 2.84 bits per heavy atom. The second kappa shape index (κ2) is 11.3. The molecule has 0 amide bonds. The zero-order valence-corrected chi connectivity index (χ0v) is 20.2. The highest BCUT2D eigenvalue weighted by Gasteiger charge is 2.23. The summed E-state index contributed by atoms with van der Waals surface area (Å²) in [4.78, 5) is 3.35. The van der Waals surface area contributed by atoms with E-state index < -0.39 is 6.10 Å². The van der Waals surface area contributed by atoms with Crippen molar-refractivity contribution in [3.63, 3.8) is 0 Å². The first-order chi connectivity index (χ1) is 15.0. The van der Waals surface area contributed by atoms with E-state index in [1.54, 1.807) is 17.4 Å². The monoisotopic (exact) mass is 496 g/mol. The van der Waals surface area contributed by atoms with Gasteiger partial charge >= 0.3 is 0 Å². The molecule has 1 aliphatic rings. The number of anilines is 1. The SMILES string of the molecule is C[C@@H](CN1CCc2cc(F)c(Cl)cc21)NC[C@H](O)COc1ccccc1-c1cccs1.Cl. The first-order valence-corrected chi connectivity index (χ1v) is 11.7. The van der Waals surface area contributed by atoms with Crippen LogP contribution in [-0.2, 0) is 6.42 Å². The predicted molar refractivity (Wildman–Crippen MR) is 133 cm³/mol. The van der Waals surface area contributed by atoms with Gasteiger partial charge in [0.1, 0.15) is 24.3 Å². The van der Waals surface area contributed by atoms with E-state index in [-0.39, 0.29) is 35.9 Å². The molecular formula is C24H27Cl2FN2O2S. The van der Waals surface area contributed by atoms with Gasteiger partial charge in [0.05, 0.1) is 5.02 Å². The molecule has 0 radical (unpaired) electrons. The number of nitrogens with zero attached hydrogens (tertiary/aromatic N) is 1. The molecule has 0 bridgehead atoms. The van der Waals surface area contributed by atoms with Gasteiger partial charge in [0.2, 0.25) is 0 Å². The van der Waals surface area contributed by atoms with Crippen LogP contribution >= 0.6 is 35.3 Å². The van der Waals surface area contributed by atoms with E-state index in [1.165, 1.54) is 6.07 Å². The maximum Gasteiger partial charge on any atom is 0.142 e. The summed E-state index contributed by atoms with van der Waals surface area (Å²) in [7, 11) is 0. The second-order valence-corrected chi connectivity index (χ2v) is 9.19. The number of halogens is 3. The number of para-hydroxylation sites is 1. The van der Waals surface area contributed by atoms with Gasteiger partial charge in [-0.1, -0.05) is 29.8 Å². The molecule has 0 unspecified atom stereocenters. The smallest absolute Gasteiger partial charge is 0.142 e. The van der Waals surface area contributed by atoms with Crippen molar-refractivity contribution in [2.24, 2.45) is 0 Å². The van der Waals surface area contributed by atoms with Gasteiger partial charge < -0.3 is 20.1 Å². The number of rotatable bonds is 9. The van der Waals surface area contributed by atoms with Crippen molar-refractivity contribution in [1.29, 1.82) is 0 Å². The van der Waals surface area contributed by atoms with Gasteiger partial charge in [-0.25, -0.2) is 4.39 Å². The van der Waals surface area contributed by atoms with Crippen LogP contribution in [0.15, 0.2) is 53.9 Å². The Labute approximate surface area is 203 Å². The lowest BCUT2D eigenvalue weighted by atomic mass is 10.1. The predicted octanol–water partition coefficient (Wildman–Crippen LogP) is 5.41. The lowest BCUT2D eigenvalue weighted by Crippen LogP contribution is -2.42. The number of fused-ring (bicyclic) bond motifs is 1. The molecule has 0 fully saturated rings. The molecule has 2 aromatic carbocycles. The summed E-state index contributed by atoms with van der Waals surface area (Å²) in [5.41, 5.74) is 3.02. The maximum atomic E-state index is 13.7. The third kappa shape index (κ3) is 5.94. The van der Waals surface area contributed by atoms with Gasteiger partial charge in [-0.3, -0.25) is 0 Å². The third-order valence-electron chi connectivity index (χ3n) is 5.41. The molecule has 4 rings (SSSR count). The zero-order chi connectivity index (χ0) is 21.8. The standard InChI is InChI=1S/C24H26ClFN2O2S.ClH/c1-16(14-28-9-8-17-11-21(26)20(25)12-22(17)28)27-13-18(29)15-30-23-6-3-2-5-19(23)24-7-4-10-31-24;/h2-7,10-12,16,18,27,29H,8-9,13-15H2,1H3;1H/t16-,18-;/m0./s1. The Morgan fingerprint density at radius 2 is 2.06 bits per heavy atom. The van der Waals surface area contributed by atoms with E-state index in [9.17, 15) is 9.50 Å². The highest BCUT2D eigenvalue weighted by molar-refractivity contribution is 7.13. The lowest BCUT2D eigenvalue weighted by Gasteiger charge is -2.25. The Hall–Kier alpha value is -1.83. The first kappa shape index (κ1) is 24.8. The van der Waals surface area contributed by atoms with E-state index in [0.717, 1.165) is 47.0 Å². The summed E-state index contributed by atoms with van der Waals surface area (Å²) in [5, 5.41) is 16.0. The van der Waals surface area contributed by atoms with E-state index in [2.05, 4.69) is 23.2 Å². The van der Waals surface area contributed by atoms with E-state index in [4.69, 9.17) is 16.3 Å². The summed E-state index contributed by atoms with van der Waals surface area (Å²) in [6, 6.07) is 15.3. The third-order valence-corrected chi connectivity index (χ3v) is 6.61. The molecule has 3 aromatic rings. The Kier molecular flexibility index (Phi) is 8.79. The summed E-state index contributed by atoms with van der Waals surface area (Å²) >= 11 is 7.62. The molecule has 1 aromatic heterocycles. The minimum atomic E-state index is -0.631. The largest absolute Gasteiger partial charge is 0.490 e. The van der Waals surface area contributed by atoms with Gasteiger partial charge in [0.25, 0.3) is 0 Å². The van der Waals surface area contributed by atoms with Crippen LogP contribution in [0.2, 0.25) is 5.02 Å². The van der Waals surface area contributed by atoms with Gasteiger partial charge in [-0.2, -0.15) is 0 Å². The molecule has 32 heavy (non-hydrogen) atoms. The summed E-state index contributed by atoms with van der Waals surface area (Å²) in [6.45, 7) is 4.30. The van der Waals surface area contributed by atoms with Crippen molar-refractivity contribution >= 4 is 41.0 Å². The van der Waals surface area contributed by atoms with Gasteiger partial charge in [0, 0.05) is 41.8 Å².